The van der Waals surface area contributed by atoms with E-state index in [2.05, 4.69) is 0 Å². The molecule has 0 heterocycles. The summed E-state index contributed by atoms with van der Waals surface area (Å²) in [6.07, 6.45) is 0. The first-order valence-corrected chi connectivity index (χ1v) is 7.13. The van der Waals surface area contributed by atoms with Gasteiger partial charge in [0, 0.05) is 5.54 Å². The molecule has 0 amide bonds. The Kier molecular flexibility index (Phi) is 4.44. The van der Waals surface area contributed by atoms with Gasteiger partial charge in [-0.25, -0.2) is 0 Å². The first kappa shape index (κ1) is 16.3. The van der Waals surface area contributed by atoms with Crippen molar-refractivity contribution in [1.82, 2.24) is 0 Å². The largest absolute Gasteiger partial charge is 0.497 e. The maximum absolute atomic E-state index is 11.5. The van der Waals surface area contributed by atoms with Crippen LogP contribution in [0.3, 0.4) is 0 Å². The first-order valence-electron chi connectivity index (χ1n) is 7.13. The third-order valence-corrected chi connectivity index (χ3v) is 3.91. The van der Waals surface area contributed by atoms with Crippen molar-refractivity contribution in [2.24, 2.45) is 5.73 Å². The Morgan fingerprint density at radius 3 is 1.59 bits per heavy atom. The van der Waals surface area contributed by atoms with E-state index in [0.717, 1.165) is 0 Å². The van der Waals surface area contributed by atoms with Crippen LogP contribution in [-0.2, 0) is 5.60 Å². The van der Waals surface area contributed by atoms with Crippen LogP contribution in [0.25, 0.3) is 0 Å². The van der Waals surface area contributed by atoms with Crippen molar-refractivity contribution >= 4 is 0 Å². The van der Waals surface area contributed by atoms with Crippen LogP contribution in [0.1, 0.15) is 25.0 Å². The quantitative estimate of drug-likeness (QED) is 0.891. The standard InChI is InChI=1S/C18H23NO3/c1-17(2,19)18(20,13-7-5-9-15(11-13)21-3)14-8-6-10-16(12-14)22-4/h5-12,20H,19H2,1-4H3. The number of methoxy groups -OCH3 is 2. The predicted molar refractivity (Wildman–Crippen MR) is 87.3 cm³/mol. The van der Waals surface area contributed by atoms with Crippen LogP contribution < -0.4 is 15.2 Å². The summed E-state index contributed by atoms with van der Waals surface area (Å²) in [5.74, 6) is 1.34. The SMILES string of the molecule is COc1cccc(C(O)(c2cccc(OC)c2)C(C)(C)N)c1. The number of aliphatic hydroxyl groups is 1. The third-order valence-electron chi connectivity index (χ3n) is 3.91. The highest BCUT2D eigenvalue weighted by Gasteiger charge is 2.44. The lowest BCUT2D eigenvalue weighted by molar-refractivity contribution is 0.0129. The molecule has 4 heteroatoms. The summed E-state index contributed by atoms with van der Waals surface area (Å²) in [5.41, 5.74) is 5.39. The Bertz CT molecular complexity index is 599. The molecule has 0 aromatic heterocycles. The van der Waals surface area contributed by atoms with Crippen LogP contribution in [0.15, 0.2) is 48.5 Å². The fraction of sp³-hybridized carbons (Fsp3) is 0.333. The van der Waals surface area contributed by atoms with Gasteiger partial charge in [0.05, 0.1) is 14.2 Å². The van der Waals surface area contributed by atoms with Crippen LogP contribution >= 0.6 is 0 Å². The summed E-state index contributed by atoms with van der Waals surface area (Å²) < 4.78 is 10.5. The molecule has 0 aliphatic carbocycles. The van der Waals surface area contributed by atoms with E-state index in [-0.39, 0.29) is 0 Å². The molecule has 0 radical (unpaired) electrons. The molecule has 0 aliphatic heterocycles. The Morgan fingerprint density at radius 1 is 0.864 bits per heavy atom. The molecular formula is C18H23NO3. The topological polar surface area (TPSA) is 64.7 Å². The predicted octanol–water partition coefficient (Wildman–Crippen LogP) is 2.68. The Balaban J connectivity index is 2.66. The minimum Gasteiger partial charge on any atom is -0.497 e. The second kappa shape index (κ2) is 5.99. The molecule has 2 aromatic carbocycles. The number of hydrogen-bond donors (Lipinski definition) is 2. The molecule has 0 aliphatic rings. The van der Waals surface area contributed by atoms with Crippen molar-refractivity contribution in [3.05, 3.63) is 59.7 Å². The zero-order valence-electron chi connectivity index (χ0n) is 13.5. The van der Waals surface area contributed by atoms with Gasteiger partial charge in [-0.3, -0.25) is 0 Å². The van der Waals surface area contributed by atoms with Gasteiger partial charge < -0.3 is 20.3 Å². The molecule has 0 bridgehead atoms. The molecule has 0 unspecified atom stereocenters. The summed E-state index contributed by atoms with van der Waals surface area (Å²) in [6, 6.07) is 14.6. The molecule has 0 fully saturated rings. The summed E-state index contributed by atoms with van der Waals surface area (Å²) >= 11 is 0. The van der Waals surface area contributed by atoms with Gasteiger partial charge in [-0.1, -0.05) is 24.3 Å². The van der Waals surface area contributed by atoms with E-state index < -0.39 is 11.1 Å². The minimum atomic E-state index is -1.38. The number of benzene rings is 2. The van der Waals surface area contributed by atoms with Crippen molar-refractivity contribution in [1.29, 1.82) is 0 Å². The number of ether oxygens (including phenoxy) is 2. The van der Waals surface area contributed by atoms with Crippen molar-refractivity contribution in [2.45, 2.75) is 25.0 Å². The van der Waals surface area contributed by atoms with E-state index in [1.807, 2.05) is 36.4 Å². The van der Waals surface area contributed by atoms with Gasteiger partial charge in [-0.05, 0) is 49.2 Å². The molecule has 0 saturated heterocycles. The highest BCUT2D eigenvalue weighted by atomic mass is 16.5. The van der Waals surface area contributed by atoms with Crippen molar-refractivity contribution in [3.8, 4) is 11.5 Å². The summed E-state index contributed by atoms with van der Waals surface area (Å²) in [7, 11) is 3.19. The minimum absolute atomic E-state index is 0.670. The fourth-order valence-corrected chi connectivity index (χ4v) is 2.61. The lowest BCUT2D eigenvalue weighted by Gasteiger charge is -2.41. The van der Waals surface area contributed by atoms with Gasteiger partial charge >= 0.3 is 0 Å². The maximum atomic E-state index is 11.5. The van der Waals surface area contributed by atoms with Gasteiger partial charge in [0.15, 0.2) is 0 Å². The van der Waals surface area contributed by atoms with Crippen LogP contribution in [0.5, 0.6) is 11.5 Å². The second-order valence-corrected chi connectivity index (χ2v) is 5.90. The summed E-state index contributed by atoms with van der Waals surface area (Å²) in [4.78, 5) is 0. The number of rotatable bonds is 5. The maximum Gasteiger partial charge on any atom is 0.132 e. The lowest BCUT2D eigenvalue weighted by Crippen LogP contribution is -2.54. The van der Waals surface area contributed by atoms with E-state index in [1.165, 1.54) is 0 Å². The molecule has 22 heavy (non-hydrogen) atoms. The molecule has 2 rings (SSSR count). The molecule has 0 saturated carbocycles. The normalized spacial score (nSPS) is 12.1. The van der Waals surface area contributed by atoms with E-state index in [0.29, 0.717) is 22.6 Å². The van der Waals surface area contributed by atoms with Gasteiger partial charge in [0.1, 0.15) is 17.1 Å². The number of hydrogen-bond acceptors (Lipinski definition) is 4. The summed E-state index contributed by atoms with van der Waals surface area (Å²) in [5, 5.41) is 11.5. The zero-order valence-corrected chi connectivity index (χ0v) is 13.5. The monoisotopic (exact) mass is 301 g/mol. The van der Waals surface area contributed by atoms with Crippen LogP contribution in [0.4, 0.5) is 0 Å². The van der Waals surface area contributed by atoms with Gasteiger partial charge in [-0.15, -0.1) is 0 Å². The average molecular weight is 301 g/mol. The molecule has 3 N–H and O–H groups in total. The van der Waals surface area contributed by atoms with E-state index >= 15 is 0 Å². The Morgan fingerprint density at radius 2 is 1.27 bits per heavy atom. The molecule has 0 atom stereocenters. The van der Waals surface area contributed by atoms with Crippen molar-refractivity contribution < 1.29 is 14.6 Å². The Hall–Kier alpha value is -2.04. The second-order valence-electron chi connectivity index (χ2n) is 5.90. The van der Waals surface area contributed by atoms with Crippen LogP contribution in [0, 0.1) is 0 Å². The molecular weight excluding hydrogens is 278 g/mol. The average Bonchev–Trinajstić information content (AvgIpc) is 2.53. The smallest absolute Gasteiger partial charge is 0.132 e. The zero-order chi connectivity index (χ0) is 16.4. The van der Waals surface area contributed by atoms with Crippen molar-refractivity contribution in [2.75, 3.05) is 14.2 Å². The van der Waals surface area contributed by atoms with E-state index in [4.69, 9.17) is 15.2 Å². The molecule has 4 nitrogen and oxygen atoms in total. The third kappa shape index (κ3) is 2.80. The molecule has 0 spiro atoms. The van der Waals surface area contributed by atoms with Gasteiger partial charge in [0.2, 0.25) is 0 Å². The highest BCUT2D eigenvalue weighted by molar-refractivity contribution is 5.45. The molecule has 118 valence electrons. The highest BCUT2D eigenvalue weighted by Crippen LogP contribution is 2.40. The summed E-state index contributed by atoms with van der Waals surface area (Å²) in [6.45, 7) is 3.60. The van der Waals surface area contributed by atoms with Crippen LogP contribution in [0.2, 0.25) is 0 Å². The number of nitrogens with two attached hydrogens (primary N) is 1. The Labute approximate surface area is 131 Å². The van der Waals surface area contributed by atoms with Gasteiger partial charge in [0.25, 0.3) is 0 Å². The lowest BCUT2D eigenvalue weighted by atomic mass is 9.73. The van der Waals surface area contributed by atoms with E-state index in [9.17, 15) is 5.11 Å². The fourth-order valence-electron chi connectivity index (χ4n) is 2.61. The van der Waals surface area contributed by atoms with E-state index in [1.54, 1.807) is 40.2 Å². The molecule has 2 aromatic rings. The van der Waals surface area contributed by atoms with Gasteiger partial charge in [-0.2, -0.15) is 0 Å². The first-order chi connectivity index (χ1) is 10.3. The van der Waals surface area contributed by atoms with Crippen LogP contribution in [-0.4, -0.2) is 24.9 Å². The van der Waals surface area contributed by atoms with Crippen molar-refractivity contribution in [3.63, 3.8) is 0 Å².